The van der Waals surface area contributed by atoms with E-state index in [0.29, 0.717) is 34.3 Å². The second kappa shape index (κ2) is 12.4. The maximum absolute atomic E-state index is 13.1. The maximum atomic E-state index is 13.1. The Morgan fingerprint density at radius 2 is 1.71 bits per heavy atom. The van der Waals surface area contributed by atoms with Crippen molar-refractivity contribution in [2.24, 2.45) is 4.99 Å². The summed E-state index contributed by atoms with van der Waals surface area (Å²) >= 11 is 0. The van der Waals surface area contributed by atoms with Crippen LogP contribution in [0.5, 0.6) is 5.88 Å². The third kappa shape index (κ3) is 6.25. The van der Waals surface area contributed by atoms with Gasteiger partial charge in [-0.25, -0.2) is 4.99 Å². The zero-order chi connectivity index (χ0) is 28.9. The molecule has 0 aliphatic carbocycles. The number of aromatic nitrogens is 2. The van der Waals surface area contributed by atoms with Gasteiger partial charge in [0.2, 0.25) is 0 Å². The smallest absolute Gasteiger partial charge is 0.251 e. The van der Waals surface area contributed by atoms with Crippen LogP contribution < -0.4 is 5.32 Å². The van der Waals surface area contributed by atoms with Crippen molar-refractivity contribution in [2.45, 2.75) is 13.1 Å². The molecule has 0 radical (unpaired) electrons. The molecular weight excluding hydrogens is 524 g/mol. The van der Waals surface area contributed by atoms with Gasteiger partial charge < -0.3 is 20.3 Å². The minimum Gasteiger partial charge on any atom is -0.494 e. The fraction of sp³-hybridized carbons (Fsp3) is 0.206. The minimum absolute atomic E-state index is 0.0128. The number of carbonyl (C=O) groups excluding carboxylic acids is 1. The number of nitrogens with zero attached hydrogens (tertiary/aromatic N) is 4. The van der Waals surface area contributed by atoms with Gasteiger partial charge in [0.1, 0.15) is 0 Å². The molecule has 1 amide bonds. The number of nitrogens with one attached hydrogen (secondary N) is 2. The van der Waals surface area contributed by atoms with Crippen molar-refractivity contribution in [1.29, 1.82) is 0 Å². The van der Waals surface area contributed by atoms with Crippen LogP contribution in [-0.4, -0.2) is 69.7 Å². The lowest BCUT2D eigenvalue weighted by Gasteiger charge is -2.32. The van der Waals surface area contributed by atoms with Crippen molar-refractivity contribution in [3.8, 4) is 5.88 Å². The molecule has 3 aromatic carbocycles. The Hall–Kier alpha value is -4.79. The highest BCUT2D eigenvalue weighted by atomic mass is 16.3. The van der Waals surface area contributed by atoms with Crippen LogP contribution >= 0.6 is 0 Å². The molecular formula is C34H34N6O2. The summed E-state index contributed by atoms with van der Waals surface area (Å²) in [6.45, 7) is 5.63. The lowest BCUT2D eigenvalue weighted by molar-refractivity contribution is 0.0951. The standard InChI is InChI=1S/C34H34N6O2/c1-39-16-18-40(19-17-39)23-25-9-12-28(13-10-25)37-32(27-8-5-15-35-22-27)31-29-20-26(11-14-30(29)38-34(31)42)33(41)36-21-24-6-3-2-4-7-24/h2-15,20,22,38,42H,16-19,21,23H2,1H3,(H,36,41). The van der Waals surface area contributed by atoms with Gasteiger partial charge in [-0.3, -0.25) is 14.7 Å². The largest absolute Gasteiger partial charge is 0.494 e. The number of fused-ring (bicyclic) bond motifs is 1. The monoisotopic (exact) mass is 558 g/mol. The van der Waals surface area contributed by atoms with Crippen molar-refractivity contribution < 1.29 is 9.90 Å². The van der Waals surface area contributed by atoms with Crippen LogP contribution in [0, 0.1) is 0 Å². The molecule has 3 heterocycles. The van der Waals surface area contributed by atoms with E-state index in [1.54, 1.807) is 24.5 Å². The quantitative estimate of drug-likeness (QED) is 0.230. The Labute approximate surface area is 245 Å². The van der Waals surface area contributed by atoms with Crippen molar-refractivity contribution >= 4 is 28.2 Å². The van der Waals surface area contributed by atoms with E-state index in [1.165, 1.54) is 5.56 Å². The predicted octanol–water partition coefficient (Wildman–Crippen LogP) is 5.12. The van der Waals surface area contributed by atoms with Gasteiger partial charge >= 0.3 is 0 Å². The number of likely N-dealkylation sites (N-methyl/N-ethyl adjacent to an activating group) is 1. The molecule has 6 rings (SSSR count). The summed E-state index contributed by atoms with van der Waals surface area (Å²) in [5.74, 6) is -0.204. The number of benzene rings is 3. The molecule has 1 aliphatic heterocycles. The molecule has 5 aromatic rings. The Morgan fingerprint density at radius 3 is 2.45 bits per heavy atom. The van der Waals surface area contributed by atoms with E-state index in [1.807, 2.05) is 60.7 Å². The first-order valence-electron chi connectivity index (χ1n) is 14.2. The van der Waals surface area contributed by atoms with Gasteiger partial charge in [-0.1, -0.05) is 42.5 Å². The third-order valence-corrected chi connectivity index (χ3v) is 7.69. The molecule has 1 fully saturated rings. The molecule has 0 spiro atoms. The number of aromatic hydroxyl groups is 1. The average molecular weight is 559 g/mol. The number of pyridine rings is 1. The number of carbonyl (C=O) groups is 1. The van der Waals surface area contributed by atoms with Crippen LogP contribution in [0.25, 0.3) is 10.9 Å². The molecule has 8 nitrogen and oxygen atoms in total. The van der Waals surface area contributed by atoms with Crippen LogP contribution in [0.4, 0.5) is 5.69 Å². The molecule has 42 heavy (non-hydrogen) atoms. The topological polar surface area (TPSA) is 96.8 Å². The number of aliphatic imine (C=N–C) groups is 1. The fourth-order valence-corrected chi connectivity index (χ4v) is 5.28. The van der Waals surface area contributed by atoms with E-state index in [4.69, 9.17) is 4.99 Å². The number of rotatable bonds is 8. The first kappa shape index (κ1) is 27.4. The predicted molar refractivity (Wildman–Crippen MR) is 166 cm³/mol. The summed E-state index contributed by atoms with van der Waals surface area (Å²) in [7, 11) is 2.16. The van der Waals surface area contributed by atoms with E-state index in [-0.39, 0.29) is 11.8 Å². The van der Waals surface area contributed by atoms with Gasteiger partial charge in [0.25, 0.3) is 5.91 Å². The third-order valence-electron chi connectivity index (χ3n) is 7.69. The molecule has 1 saturated heterocycles. The lowest BCUT2D eigenvalue weighted by atomic mass is 10.0. The minimum atomic E-state index is -0.191. The fourth-order valence-electron chi connectivity index (χ4n) is 5.28. The Bertz CT molecular complexity index is 1690. The van der Waals surface area contributed by atoms with Crippen molar-refractivity contribution in [3.05, 3.63) is 125 Å². The van der Waals surface area contributed by atoms with E-state index in [9.17, 15) is 9.90 Å². The number of aromatic amines is 1. The van der Waals surface area contributed by atoms with Gasteiger partial charge in [0.15, 0.2) is 5.88 Å². The summed E-state index contributed by atoms with van der Waals surface area (Å²) in [4.78, 5) is 30.3. The molecule has 0 atom stereocenters. The van der Waals surface area contributed by atoms with Crippen molar-refractivity contribution in [3.63, 3.8) is 0 Å². The Kier molecular flexibility index (Phi) is 8.07. The normalized spacial score (nSPS) is 14.7. The summed E-state index contributed by atoms with van der Waals surface area (Å²) in [5, 5.41) is 14.8. The van der Waals surface area contributed by atoms with E-state index >= 15 is 0 Å². The molecule has 2 aromatic heterocycles. The van der Waals surface area contributed by atoms with Crippen LogP contribution in [0.1, 0.15) is 32.6 Å². The van der Waals surface area contributed by atoms with Gasteiger partial charge in [-0.05, 0) is 60.6 Å². The number of amides is 1. The van der Waals surface area contributed by atoms with Crippen LogP contribution in [-0.2, 0) is 13.1 Å². The summed E-state index contributed by atoms with van der Waals surface area (Å²) in [6, 6.07) is 27.2. The SMILES string of the molecule is CN1CCN(Cc2ccc(N=C(c3cccnc3)c3c(O)[nH]c4ccc(C(=O)NCc5ccccc5)cc34)cc2)CC1. The molecule has 0 bridgehead atoms. The summed E-state index contributed by atoms with van der Waals surface area (Å²) in [5.41, 5.74) is 6.09. The van der Waals surface area contributed by atoms with Gasteiger partial charge in [-0.15, -0.1) is 0 Å². The first-order chi connectivity index (χ1) is 20.5. The van der Waals surface area contributed by atoms with Crippen molar-refractivity contribution in [1.82, 2.24) is 25.1 Å². The molecule has 1 aliphatic rings. The summed E-state index contributed by atoms with van der Waals surface area (Å²) in [6.07, 6.45) is 3.44. The lowest BCUT2D eigenvalue weighted by Crippen LogP contribution is -2.43. The highest BCUT2D eigenvalue weighted by Gasteiger charge is 2.21. The van der Waals surface area contributed by atoms with Gasteiger partial charge in [-0.2, -0.15) is 0 Å². The molecule has 212 valence electrons. The second-order valence-corrected chi connectivity index (χ2v) is 10.7. The van der Waals surface area contributed by atoms with Crippen LogP contribution in [0.2, 0.25) is 0 Å². The number of hydrogen-bond donors (Lipinski definition) is 3. The van der Waals surface area contributed by atoms with Crippen LogP contribution in [0.15, 0.2) is 102 Å². The summed E-state index contributed by atoms with van der Waals surface area (Å²) < 4.78 is 0. The van der Waals surface area contributed by atoms with Crippen molar-refractivity contribution in [2.75, 3.05) is 33.2 Å². The molecule has 0 saturated carbocycles. The van der Waals surface area contributed by atoms with E-state index in [0.717, 1.165) is 49.5 Å². The van der Waals surface area contributed by atoms with Crippen LogP contribution in [0.3, 0.4) is 0 Å². The molecule has 3 N–H and O–H groups in total. The maximum Gasteiger partial charge on any atom is 0.251 e. The first-order valence-corrected chi connectivity index (χ1v) is 14.2. The number of piperazine rings is 1. The highest BCUT2D eigenvalue weighted by molar-refractivity contribution is 6.22. The molecule has 0 unspecified atom stereocenters. The number of hydrogen-bond acceptors (Lipinski definition) is 6. The van der Waals surface area contributed by atoms with Gasteiger partial charge in [0, 0.05) is 73.7 Å². The zero-order valence-electron chi connectivity index (χ0n) is 23.6. The Balaban J connectivity index is 1.31. The number of H-pyrrole nitrogens is 1. The van der Waals surface area contributed by atoms with Gasteiger partial charge in [0.05, 0.1) is 17.0 Å². The Morgan fingerprint density at radius 1 is 0.929 bits per heavy atom. The van der Waals surface area contributed by atoms with E-state index in [2.05, 4.69) is 44.3 Å². The average Bonchev–Trinajstić information content (AvgIpc) is 3.36. The second-order valence-electron chi connectivity index (χ2n) is 10.7. The van der Waals surface area contributed by atoms with E-state index < -0.39 is 0 Å². The highest BCUT2D eigenvalue weighted by Crippen LogP contribution is 2.32. The molecule has 8 heteroatoms. The zero-order valence-corrected chi connectivity index (χ0v) is 23.6.